The van der Waals surface area contributed by atoms with Gasteiger partial charge in [0.25, 0.3) is 0 Å². The first-order chi connectivity index (χ1) is 9.24. The standard InChI is InChI=1S/C16H21N3/c1-4-19(15-8-6-5-7-9-15)16-11-14(12-17-3)10-13(2)18-16/h5-11,17H,4,12H2,1-3H3. The van der Waals surface area contributed by atoms with Gasteiger partial charge in [-0.2, -0.15) is 0 Å². The Balaban J connectivity index is 2.38. The predicted molar refractivity (Wildman–Crippen MR) is 80.9 cm³/mol. The van der Waals surface area contributed by atoms with Gasteiger partial charge in [-0.05, 0) is 50.7 Å². The monoisotopic (exact) mass is 255 g/mol. The van der Waals surface area contributed by atoms with Gasteiger partial charge in [0.2, 0.25) is 0 Å². The van der Waals surface area contributed by atoms with E-state index < -0.39 is 0 Å². The van der Waals surface area contributed by atoms with E-state index in [9.17, 15) is 0 Å². The Morgan fingerprint density at radius 3 is 2.53 bits per heavy atom. The number of aromatic nitrogens is 1. The minimum absolute atomic E-state index is 0.864. The van der Waals surface area contributed by atoms with Crippen LogP contribution in [0.25, 0.3) is 0 Å². The largest absolute Gasteiger partial charge is 0.327 e. The molecule has 0 amide bonds. The molecule has 0 saturated heterocycles. The van der Waals surface area contributed by atoms with Crippen LogP contribution in [-0.4, -0.2) is 18.6 Å². The summed E-state index contributed by atoms with van der Waals surface area (Å²) in [6.07, 6.45) is 0. The highest BCUT2D eigenvalue weighted by molar-refractivity contribution is 5.60. The molecule has 1 N–H and O–H groups in total. The molecule has 0 spiro atoms. The van der Waals surface area contributed by atoms with Gasteiger partial charge in [-0.1, -0.05) is 18.2 Å². The fraction of sp³-hybridized carbons (Fsp3) is 0.312. The molecule has 0 bridgehead atoms. The molecule has 2 aromatic rings. The highest BCUT2D eigenvalue weighted by Crippen LogP contribution is 2.24. The number of anilines is 2. The van der Waals surface area contributed by atoms with Crippen LogP contribution in [-0.2, 0) is 6.54 Å². The second kappa shape index (κ2) is 6.34. The second-order valence-electron chi connectivity index (χ2n) is 4.59. The van der Waals surface area contributed by atoms with Crippen LogP contribution < -0.4 is 10.2 Å². The van der Waals surface area contributed by atoms with Crippen LogP contribution in [0.1, 0.15) is 18.2 Å². The van der Waals surface area contributed by atoms with Crippen molar-refractivity contribution in [2.75, 3.05) is 18.5 Å². The summed E-state index contributed by atoms with van der Waals surface area (Å²) in [5.74, 6) is 1.01. The molecule has 100 valence electrons. The van der Waals surface area contributed by atoms with Crippen molar-refractivity contribution in [2.24, 2.45) is 0 Å². The Bertz CT molecular complexity index is 523. The van der Waals surface area contributed by atoms with E-state index in [1.807, 2.05) is 20.0 Å². The van der Waals surface area contributed by atoms with Gasteiger partial charge >= 0.3 is 0 Å². The van der Waals surface area contributed by atoms with E-state index in [1.54, 1.807) is 0 Å². The lowest BCUT2D eigenvalue weighted by Gasteiger charge is -2.23. The van der Waals surface area contributed by atoms with E-state index in [-0.39, 0.29) is 0 Å². The molecule has 0 radical (unpaired) electrons. The van der Waals surface area contributed by atoms with Gasteiger partial charge in [0.1, 0.15) is 5.82 Å². The Morgan fingerprint density at radius 2 is 1.89 bits per heavy atom. The van der Waals surface area contributed by atoms with Crippen molar-refractivity contribution >= 4 is 11.5 Å². The van der Waals surface area contributed by atoms with Crippen molar-refractivity contribution in [3.05, 3.63) is 53.7 Å². The van der Waals surface area contributed by atoms with Crippen molar-refractivity contribution in [3.8, 4) is 0 Å². The van der Waals surface area contributed by atoms with Crippen LogP contribution in [0.3, 0.4) is 0 Å². The normalized spacial score (nSPS) is 10.5. The summed E-state index contributed by atoms with van der Waals surface area (Å²) in [6, 6.07) is 14.7. The molecule has 0 unspecified atom stereocenters. The third kappa shape index (κ3) is 3.32. The highest BCUT2D eigenvalue weighted by atomic mass is 15.2. The van der Waals surface area contributed by atoms with E-state index in [2.05, 4.69) is 58.5 Å². The van der Waals surface area contributed by atoms with Crippen LogP contribution in [0.2, 0.25) is 0 Å². The van der Waals surface area contributed by atoms with Gasteiger partial charge in [-0.15, -0.1) is 0 Å². The van der Waals surface area contributed by atoms with Crippen molar-refractivity contribution in [2.45, 2.75) is 20.4 Å². The Hall–Kier alpha value is -1.87. The smallest absolute Gasteiger partial charge is 0.133 e. The predicted octanol–water partition coefficient (Wildman–Crippen LogP) is 3.27. The molecule has 1 aromatic heterocycles. The zero-order valence-corrected chi connectivity index (χ0v) is 11.9. The number of nitrogens with one attached hydrogen (secondary N) is 1. The van der Waals surface area contributed by atoms with Gasteiger partial charge in [0, 0.05) is 24.5 Å². The van der Waals surface area contributed by atoms with Crippen LogP contribution in [0.5, 0.6) is 0 Å². The molecule has 3 heteroatoms. The second-order valence-corrected chi connectivity index (χ2v) is 4.59. The first-order valence-corrected chi connectivity index (χ1v) is 6.69. The number of pyridine rings is 1. The van der Waals surface area contributed by atoms with E-state index >= 15 is 0 Å². The number of hydrogen-bond acceptors (Lipinski definition) is 3. The molecular weight excluding hydrogens is 234 g/mol. The molecule has 19 heavy (non-hydrogen) atoms. The molecule has 0 atom stereocenters. The van der Waals surface area contributed by atoms with Crippen LogP contribution in [0, 0.1) is 6.92 Å². The summed E-state index contributed by atoms with van der Waals surface area (Å²) in [6.45, 7) is 5.96. The molecule has 0 saturated carbocycles. The number of para-hydroxylation sites is 1. The molecule has 1 aromatic carbocycles. The molecule has 0 aliphatic rings. The quantitative estimate of drug-likeness (QED) is 0.888. The van der Waals surface area contributed by atoms with E-state index in [0.29, 0.717) is 0 Å². The summed E-state index contributed by atoms with van der Waals surface area (Å²) in [7, 11) is 1.96. The molecule has 1 heterocycles. The Labute approximate surface area is 115 Å². The van der Waals surface area contributed by atoms with E-state index in [0.717, 1.165) is 24.6 Å². The SMILES string of the molecule is CCN(c1ccccc1)c1cc(CNC)cc(C)n1. The van der Waals surface area contributed by atoms with Crippen molar-refractivity contribution in [1.29, 1.82) is 0 Å². The summed E-state index contributed by atoms with van der Waals surface area (Å²) in [4.78, 5) is 6.89. The van der Waals surface area contributed by atoms with Gasteiger partial charge in [-0.25, -0.2) is 4.98 Å². The minimum Gasteiger partial charge on any atom is -0.327 e. The number of aryl methyl sites for hydroxylation is 1. The maximum absolute atomic E-state index is 4.66. The molecule has 0 fully saturated rings. The summed E-state index contributed by atoms with van der Waals surface area (Å²) in [5, 5.41) is 3.19. The number of benzene rings is 1. The third-order valence-corrected chi connectivity index (χ3v) is 3.04. The highest BCUT2D eigenvalue weighted by Gasteiger charge is 2.09. The maximum Gasteiger partial charge on any atom is 0.133 e. The Kier molecular flexibility index (Phi) is 4.53. The maximum atomic E-state index is 4.66. The van der Waals surface area contributed by atoms with Crippen LogP contribution >= 0.6 is 0 Å². The van der Waals surface area contributed by atoms with E-state index in [4.69, 9.17) is 0 Å². The van der Waals surface area contributed by atoms with Gasteiger partial charge < -0.3 is 10.2 Å². The van der Waals surface area contributed by atoms with E-state index in [1.165, 1.54) is 11.3 Å². The van der Waals surface area contributed by atoms with Gasteiger partial charge in [-0.3, -0.25) is 0 Å². The average molecular weight is 255 g/mol. The zero-order valence-electron chi connectivity index (χ0n) is 11.9. The lowest BCUT2D eigenvalue weighted by molar-refractivity contribution is 0.812. The summed E-state index contributed by atoms with van der Waals surface area (Å²) < 4.78 is 0. The number of rotatable bonds is 5. The molecular formula is C16H21N3. The molecule has 0 aliphatic carbocycles. The Morgan fingerprint density at radius 1 is 1.16 bits per heavy atom. The summed E-state index contributed by atoms with van der Waals surface area (Å²) in [5.41, 5.74) is 3.50. The number of hydrogen-bond donors (Lipinski definition) is 1. The van der Waals surface area contributed by atoms with Crippen LogP contribution in [0.4, 0.5) is 11.5 Å². The third-order valence-electron chi connectivity index (χ3n) is 3.04. The van der Waals surface area contributed by atoms with Gasteiger partial charge in [0.15, 0.2) is 0 Å². The van der Waals surface area contributed by atoms with Gasteiger partial charge in [0.05, 0.1) is 0 Å². The fourth-order valence-electron chi connectivity index (χ4n) is 2.25. The first kappa shape index (κ1) is 13.6. The lowest BCUT2D eigenvalue weighted by Crippen LogP contribution is -2.18. The fourth-order valence-corrected chi connectivity index (χ4v) is 2.25. The van der Waals surface area contributed by atoms with Crippen LogP contribution in [0.15, 0.2) is 42.5 Å². The molecule has 0 aliphatic heterocycles. The molecule has 3 nitrogen and oxygen atoms in total. The van der Waals surface area contributed by atoms with Crippen molar-refractivity contribution < 1.29 is 0 Å². The first-order valence-electron chi connectivity index (χ1n) is 6.69. The topological polar surface area (TPSA) is 28.2 Å². The van der Waals surface area contributed by atoms with Crippen molar-refractivity contribution in [1.82, 2.24) is 10.3 Å². The summed E-state index contributed by atoms with van der Waals surface area (Å²) >= 11 is 0. The molecule has 2 rings (SSSR count). The lowest BCUT2D eigenvalue weighted by atomic mass is 10.2. The minimum atomic E-state index is 0.864. The zero-order chi connectivity index (χ0) is 13.7. The number of nitrogens with zero attached hydrogens (tertiary/aromatic N) is 2. The van der Waals surface area contributed by atoms with Crippen molar-refractivity contribution in [3.63, 3.8) is 0 Å². The average Bonchev–Trinajstić information content (AvgIpc) is 2.40.